The van der Waals surface area contributed by atoms with Gasteiger partial charge in [0.2, 0.25) is 5.91 Å². The zero-order valence-corrected chi connectivity index (χ0v) is 17.4. The third-order valence-electron chi connectivity index (χ3n) is 6.82. The van der Waals surface area contributed by atoms with Crippen LogP contribution >= 0.6 is 0 Å². The molecule has 2 heterocycles. The summed E-state index contributed by atoms with van der Waals surface area (Å²) in [5.74, 6) is -0.0313. The molecule has 1 saturated carbocycles. The lowest BCUT2D eigenvalue weighted by Gasteiger charge is -2.57. The molecule has 1 aliphatic carbocycles. The van der Waals surface area contributed by atoms with E-state index in [2.05, 4.69) is 51.8 Å². The second kappa shape index (κ2) is 7.71. The number of anilines is 2. The standard InChI is InChI=1S/C25H27N5O/c26-21-8-6-19(17-4-2-1-3-5-17)14-23(21)30-25(16-29-30)12-10-18(11-13-25)22-9-7-20(15-28-22)24(27)31/h1-9,14-15,18,29H,10-13,16,26H2,(H2,27,31). The molecule has 1 amide bonds. The number of nitrogens with zero attached hydrogens (tertiary/aromatic N) is 2. The number of hydrazine groups is 1. The summed E-state index contributed by atoms with van der Waals surface area (Å²) in [6, 6.07) is 20.4. The number of carbonyl (C=O) groups excluding carboxylic acids is 1. The second-order valence-corrected chi connectivity index (χ2v) is 8.64. The minimum Gasteiger partial charge on any atom is -0.397 e. The number of pyridine rings is 1. The Bertz CT molecular complexity index is 1090. The molecule has 2 fully saturated rings. The molecule has 1 aliphatic heterocycles. The molecule has 5 rings (SSSR count). The van der Waals surface area contributed by atoms with E-state index in [0.29, 0.717) is 11.5 Å². The fourth-order valence-electron chi connectivity index (χ4n) is 4.91. The highest BCUT2D eigenvalue weighted by Gasteiger charge is 2.48. The van der Waals surface area contributed by atoms with Gasteiger partial charge in [0.1, 0.15) is 0 Å². The molecule has 6 nitrogen and oxygen atoms in total. The smallest absolute Gasteiger partial charge is 0.250 e. The summed E-state index contributed by atoms with van der Waals surface area (Å²) in [5, 5.41) is 2.29. The fourth-order valence-corrected chi connectivity index (χ4v) is 4.91. The molecule has 1 spiro atoms. The molecule has 6 heteroatoms. The van der Waals surface area contributed by atoms with Crippen molar-refractivity contribution in [2.45, 2.75) is 37.1 Å². The average molecular weight is 414 g/mol. The highest BCUT2D eigenvalue weighted by atomic mass is 16.1. The predicted molar refractivity (Wildman–Crippen MR) is 123 cm³/mol. The van der Waals surface area contributed by atoms with Gasteiger partial charge in [0, 0.05) is 24.4 Å². The van der Waals surface area contributed by atoms with Gasteiger partial charge in [-0.15, -0.1) is 0 Å². The number of nitrogens with two attached hydrogens (primary N) is 2. The first kappa shape index (κ1) is 19.6. The lowest BCUT2D eigenvalue weighted by molar-refractivity contribution is 0.1000. The Morgan fingerprint density at radius 3 is 2.42 bits per heavy atom. The van der Waals surface area contributed by atoms with Crippen LogP contribution in [-0.2, 0) is 0 Å². The number of hydrogen-bond donors (Lipinski definition) is 3. The van der Waals surface area contributed by atoms with Gasteiger partial charge >= 0.3 is 0 Å². The van der Waals surface area contributed by atoms with Crippen LogP contribution in [0.1, 0.15) is 47.7 Å². The van der Waals surface area contributed by atoms with Gasteiger partial charge in [-0.25, -0.2) is 5.43 Å². The maximum Gasteiger partial charge on any atom is 0.250 e. The summed E-state index contributed by atoms with van der Waals surface area (Å²) in [7, 11) is 0. The maximum atomic E-state index is 11.3. The zero-order chi connectivity index (χ0) is 21.4. The minimum atomic E-state index is -0.437. The van der Waals surface area contributed by atoms with Gasteiger partial charge in [-0.2, -0.15) is 0 Å². The molecule has 31 heavy (non-hydrogen) atoms. The first-order valence-electron chi connectivity index (χ1n) is 10.8. The second-order valence-electron chi connectivity index (χ2n) is 8.64. The Kier molecular flexibility index (Phi) is 4.87. The molecule has 158 valence electrons. The van der Waals surface area contributed by atoms with Crippen molar-refractivity contribution in [3.05, 3.63) is 78.1 Å². The number of nitrogen functional groups attached to an aromatic ring is 1. The summed E-state index contributed by atoms with van der Waals surface area (Å²) >= 11 is 0. The summed E-state index contributed by atoms with van der Waals surface area (Å²) in [6.07, 6.45) is 5.84. The van der Waals surface area contributed by atoms with E-state index < -0.39 is 5.91 Å². The first-order valence-corrected chi connectivity index (χ1v) is 10.8. The van der Waals surface area contributed by atoms with Crippen LogP contribution in [0.5, 0.6) is 0 Å². The number of rotatable bonds is 4. The van der Waals surface area contributed by atoms with Crippen molar-refractivity contribution in [3.8, 4) is 11.1 Å². The Balaban J connectivity index is 1.33. The molecule has 2 aromatic carbocycles. The first-order chi connectivity index (χ1) is 15.1. The van der Waals surface area contributed by atoms with Crippen molar-refractivity contribution < 1.29 is 4.79 Å². The van der Waals surface area contributed by atoms with Gasteiger partial charge in [0.05, 0.1) is 22.5 Å². The Morgan fingerprint density at radius 1 is 1.03 bits per heavy atom. The van der Waals surface area contributed by atoms with Gasteiger partial charge in [0.25, 0.3) is 0 Å². The molecule has 5 N–H and O–H groups in total. The van der Waals surface area contributed by atoms with Crippen LogP contribution in [0.25, 0.3) is 11.1 Å². The van der Waals surface area contributed by atoms with E-state index in [1.54, 1.807) is 12.3 Å². The van der Waals surface area contributed by atoms with Crippen LogP contribution in [0, 0.1) is 0 Å². The topological polar surface area (TPSA) is 97.3 Å². The minimum absolute atomic E-state index is 0.0904. The predicted octanol–water partition coefficient (Wildman–Crippen LogP) is 3.85. The van der Waals surface area contributed by atoms with E-state index in [1.165, 1.54) is 11.1 Å². The molecule has 1 aromatic heterocycles. The summed E-state index contributed by atoms with van der Waals surface area (Å²) in [5.41, 5.74) is 21.0. The van der Waals surface area contributed by atoms with Gasteiger partial charge < -0.3 is 11.5 Å². The van der Waals surface area contributed by atoms with Crippen molar-refractivity contribution in [1.29, 1.82) is 0 Å². The van der Waals surface area contributed by atoms with E-state index in [1.807, 2.05) is 18.2 Å². The molecule has 0 unspecified atom stereocenters. The average Bonchev–Trinajstić information content (AvgIpc) is 2.80. The normalized spacial score (nSPS) is 22.8. The van der Waals surface area contributed by atoms with Crippen LogP contribution in [0.4, 0.5) is 11.4 Å². The highest BCUT2D eigenvalue weighted by Crippen LogP contribution is 2.46. The summed E-state index contributed by atoms with van der Waals surface area (Å²) in [6.45, 7) is 0.961. The van der Waals surface area contributed by atoms with Crippen LogP contribution < -0.4 is 21.9 Å². The lowest BCUT2D eigenvalue weighted by atomic mass is 9.72. The number of benzene rings is 2. The molecule has 1 saturated heterocycles. The van der Waals surface area contributed by atoms with Crippen LogP contribution in [0.2, 0.25) is 0 Å². The molecular formula is C25H27N5O. The van der Waals surface area contributed by atoms with Crippen molar-refractivity contribution in [2.75, 3.05) is 17.3 Å². The number of carbonyl (C=O) groups is 1. The number of primary amides is 1. The van der Waals surface area contributed by atoms with E-state index >= 15 is 0 Å². The van der Waals surface area contributed by atoms with Crippen LogP contribution in [0.15, 0.2) is 66.9 Å². The Hall–Kier alpha value is -3.38. The van der Waals surface area contributed by atoms with Gasteiger partial charge in [0.15, 0.2) is 0 Å². The van der Waals surface area contributed by atoms with Gasteiger partial charge in [-0.1, -0.05) is 36.4 Å². The van der Waals surface area contributed by atoms with E-state index in [9.17, 15) is 4.79 Å². The van der Waals surface area contributed by atoms with E-state index in [-0.39, 0.29) is 5.54 Å². The fraction of sp³-hybridized carbons (Fsp3) is 0.280. The Labute approximate surface area is 182 Å². The third-order valence-corrected chi connectivity index (χ3v) is 6.82. The molecule has 0 bridgehead atoms. The van der Waals surface area contributed by atoms with E-state index in [0.717, 1.165) is 49.3 Å². The van der Waals surface area contributed by atoms with Crippen LogP contribution in [0.3, 0.4) is 0 Å². The lowest BCUT2D eigenvalue weighted by Crippen LogP contribution is -2.73. The van der Waals surface area contributed by atoms with Gasteiger partial charge in [-0.05, 0) is 61.1 Å². The summed E-state index contributed by atoms with van der Waals surface area (Å²) in [4.78, 5) is 15.8. The van der Waals surface area contributed by atoms with E-state index in [4.69, 9.17) is 11.5 Å². The number of aromatic nitrogens is 1. The zero-order valence-electron chi connectivity index (χ0n) is 17.4. The monoisotopic (exact) mass is 413 g/mol. The van der Waals surface area contributed by atoms with Crippen molar-refractivity contribution in [1.82, 2.24) is 10.4 Å². The quantitative estimate of drug-likeness (QED) is 0.565. The summed E-state index contributed by atoms with van der Waals surface area (Å²) < 4.78 is 0. The number of amides is 1. The number of nitrogens with one attached hydrogen (secondary N) is 1. The largest absolute Gasteiger partial charge is 0.397 e. The number of hydrogen-bond acceptors (Lipinski definition) is 5. The molecule has 2 aliphatic rings. The highest BCUT2D eigenvalue weighted by molar-refractivity contribution is 5.92. The Morgan fingerprint density at radius 2 is 1.81 bits per heavy atom. The molecule has 0 radical (unpaired) electrons. The van der Waals surface area contributed by atoms with Crippen molar-refractivity contribution >= 4 is 17.3 Å². The maximum absolute atomic E-state index is 11.3. The van der Waals surface area contributed by atoms with Crippen LogP contribution in [-0.4, -0.2) is 23.0 Å². The SMILES string of the molecule is NC(=O)c1ccc(C2CCC3(CC2)CNN3c2cc(-c3ccccc3)ccc2N)nc1. The molecular weight excluding hydrogens is 386 g/mol. The third kappa shape index (κ3) is 3.53. The van der Waals surface area contributed by atoms with Crippen molar-refractivity contribution in [3.63, 3.8) is 0 Å². The van der Waals surface area contributed by atoms with Gasteiger partial charge in [-0.3, -0.25) is 14.8 Å². The van der Waals surface area contributed by atoms with Crippen molar-refractivity contribution in [2.24, 2.45) is 5.73 Å². The molecule has 3 aromatic rings. The molecule has 0 atom stereocenters.